The molecule has 4 heterocycles. The van der Waals surface area contributed by atoms with Gasteiger partial charge in [-0.25, -0.2) is 14.5 Å². The normalized spacial score (nSPS) is 15.2. The first-order chi connectivity index (χ1) is 19.8. The molecule has 0 bridgehead atoms. The van der Waals surface area contributed by atoms with Crippen LogP contribution >= 0.6 is 34.3 Å². The van der Waals surface area contributed by atoms with E-state index in [-0.39, 0.29) is 11.7 Å². The first-order valence-corrected chi connectivity index (χ1v) is 15.1. The molecule has 1 aliphatic rings. The fourth-order valence-electron chi connectivity index (χ4n) is 4.76. The van der Waals surface area contributed by atoms with Crippen molar-refractivity contribution in [2.45, 2.75) is 32.9 Å². The summed E-state index contributed by atoms with van der Waals surface area (Å²) in [5.41, 5.74) is 3.93. The molecule has 3 aromatic heterocycles. The summed E-state index contributed by atoms with van der Waals surface area (Å²) in [5, 5.41) is 7.43. The van der Waals surface area contributed by atoms with Gasteiger partial charge < -0.3 is 4.74 Å². The predicted molar refractivity (Wildman–Crippen MR) is 163 cm³/mol. The van der Waals surface area contributed by atoms with Crippen LogP contribution in [0.25, 0.3) is 23.0 Å². The Kier molecular flexibility index (Phi) is 7.33. The summed E-state index contributed by atoms with van der Waals surface area (Å²) in [6.07, 6.45) is 3.45. The van der Waals surface area contributed by atoms with Gasteiger partial charge >= 0.3 is 5.97 Å². The van der Waals surface area contributed by atoms with Gasteiger partial charge in [0.15, 0.2) is 4.80 Å². The number of rotatable bonds is 6. The second-order valence-electron chi connectivity index (χ2n) is 9.77. The molecule has 2 aromatic carbocycles. The molecule has 7 nitrogen and oxygen atoms in total. The molecule has 6 rings (SSSR count). The molecule has 206 valence electrons. The highest BCUT2D eigenvalue weighted by atomic mass is 35.5. The van der Waals surface area contributed by atoms with Crippen LogP contribution in [0.2, 0.25) is 5.02 Å². The van der Waals surface area contributed by atoms with Crippen molar-refractivity contribution in [3.63, 3.8) is 0 Å². The molecule has 1 atom stereocenters. The van der Waals surface area contributed by atoms with Crippen molar-refractivity contribution in [2.75, 3.05) is 0 Å². The van der Waals surface area contributed by atoms with Gasteiger partial charge in [0.05, 0.1) is 27.6 Å². The topological polar surface area (TPSA) is 78.5 Å². The van der Waals surface area contributed by atoms with E-state index in [1.807, 2.05) is 84.4 Å². The second kappa shape index (κ2) is 11.1. The van der Waals surface area contributed by atoms with Gasteiger partial charge in [-0.3, -0.25) is 9.36 Å². The van der Waals surface area contributed by atoms with E-state index in [1.54, 1.807) is 30.0 Å². The van der Waals surface area contributed by atoms with Crippen LogP contribution in [0.4, 0.5) is 0 Å². The van der Waals surface area contributed by atoms with E-state index in [4.69, 9.17) is 26.4 Å². The summed E-state index contributed by atoms with van der Waals surface area (Å²) in [5.74, 6) is -0.469. The molecule has 0 fully saturated rings. The monoisotopic (exact) mass is 600 g/mol. The number of hydrogen-bond acceptors (Lipinski definition) is 7. The van der Waals surface area contributed by atoms with E-state index in [0.717, 1.165) is 21.7 Å². The van der Waals surface area contributed by atoms with E-state index < -0.39 is 12.0 Å². The maximum Gasteiger partial charge on any atom is 0.338 e. The second-order valence-corrected chi connectivity index (χ2v) is 12.2. The van der Waals surface area contributed by atoms with Gasteiger partial charge in [0.25, 0.3) is 5.56 Å². The highest BCUT2D eigenvalue weighted by Gasteiger charge is 2.34. The van der Waals surface area contributed by atoms with Gasteiger partial charge in [-0.15, -0.1) is 11.3 Å². The summed E-state index contributed by atoms with van der Waals surface area (Å²) in [6.45, 7) is 5.39. The molecule has 0 saturated carbocycles. The molecule has 0 aliphatic carbocycles. The lowest BCUT2D eigenvalue weighted by molar-refractivity contribution is -0.143. The third-order valence-corrected chi connectivity index (χ3v) is 8.72. The lowest BCUT2D eigenvalue weighted by Crippen LogP contribution is -2.39. The molecule has 5 aromatic rings. The number of allylic oxidation sites excluding steroid dienone is 1. The highest BCUT2D eigenvalue weighted by molar-refractivity contribution is 7.10. The Hall–Kier alpha value is -4.05. The smallest absolute Gasteiger partial charge is 0.338 e. The van der Waals surface area contributed by atoms with E-state index >= 15 is 0 Å². The van der Waals surface area contributed by atoms with Crippen molar-refractivity contribution < 1.29 is 9.53 Å². The number of esters is 1. The van der Waals surface area contributed by atoms with Crippen molar-refractivity contribution in [2.24, 2.45) is 4.99 Å². The van der Waals surface area contributed by atoms with Crippen molar-refractivity contribution in [3.8, 4) is 16.9 Å². The van der Waals surface area contributed by atoms with E-state index in [2.05, 4.69) is 0 Å². The fraction of sp³-hybridized carbons (Fsp3) is 0.161. The third kappa shape index (κ3) is 5.24. The Balaban J connectivity index is 1.54. The van der Waals surface area contributed by atoms with Gasteiger partial charge in [0.2, 0.25) is 0 Å². The predicted octanol–water partition coefficient (Wildman–Crippen LogP) is 5.75. The standard InChI is InChI=1S/C31H25ClN4O3S2/c1-18(2)39-30(38)26-19(3)33-31-36(28(26)24-10-7-15-40-24)29(37)25(41-31)16-21-17-35(23-8-5-4-6-9-23)34-27(21)20-11-13-22(32)14-12-20/h4-18,28H,1-3H3/b25-16-. The average molecular weight is 601 g/mol. The zero-order valence-corrected chi connectivity index (χ0v) is 24.8. The Bertz CT molecular complexity index is 1950. The van der Waals surface area contributed by atoms with Crippen LogP contribution in [0.15, 0.2) is 99.4 Å². The number of fused-ring (bicyclic) bond motifs is 1. The van der Waals surface area contributed by atoms with Crippen LogP contribution in [0, 0.1) is 0 Å². The molecular formula is C31H25ClN4O3S2. The maximum atomic E-state index is 14.1. The molecule has 1 unspecified atom stereocenters. The summed E-state index contributed by atoms with van der Waals surface area (Å²) in [6, 6.07) is 20.5. The largest absolute Gasteiger partial charge is 0.459 e. The van der Waals surface area contributed by atoms with E-state index in [1.165, 1.54) is 22.7 Å². The fourth-order valence-corrected chi connectivity index (χ4v) is 6.74. The number of para-hydroxylation sites is 1. The Morgan fingerprint density at radius 1 is 1.07 bits per heavy atom. The van der Waals surface area contributed by atoms with Crippen molar-refractivity contribution in [1.29, 1.82) is 0 Å². The number of thiophene rings is 1. The number of ether oxygens (including phenoxy) is 1. The van der Waals surface area contributed by atoms with E-state index in [0.29, 0.717) is 31.3 Å². The average Bonchev–Trinajstić information content (AvgIpc) is 3.69. The zero-order chi connectivity index (χ0) is 28.7. The summed E-state index contributed by atoms with van der Waals surface area (Å²) >= 11 is 8.93. The van der Waals surface area contributed by atoms with Crippen LogP contribution in [0.1, 0.15) is 37.3 Å². The summed E-state index contributed by atoms with van der Waals surface area (Å²) < 4.78 is 9.46. The van der Waals surface area contributed by atoms with Crippen LogP contribution in [-0.4, -0.2) is 26.4 Å². The molecule has 41 heavy (non-hydrogen) atoms. The lowest BCUT2D eigenvalue weighted by atomic mass is 10.0. The molecule has 0 saturated heterocycles. The Labute approximate surface area is 249 Å². The lowest BCUT2D eigenvalue weighted by Gasteiger charge is -2.24. The molecule has 0 amide bonds. The van der Waals surface area contributed by atoms with E-state index in [9.17, 15) is 9.59 Å². The number of nitrogens with zero attached hydrogens (tertiary/aromatic N) is 4. The number of benzene rings is 2. The number of aromatic nitrogens is 3. The van der Waals surface area contributed by atoms with Gasteiger partial charge in [-0.1, -0.05) is 59.3 Å². The van der Waals surface area contributed by atoms with Crippen molar-refractivity contribution >= 4 is 46.3 Å². The Morgan fingerprint density at radius 3 is 2.51 bits per heavy atom. The minimum atomic E-state index is -0.623. The number of hydrogen-bond donors (Lipinski definition) is 0. The number of carbonyl (C=O) groups is 1. The van der Waals surface area contributed by atoms with Gasteiger partial charge in [0, 0.05) is 27.2 Å². The molecule has 0 N–H and O–H groups in total. The Morgan fingerprint density at radius 2 is 1.83 bits per heavy atom. The van der Waals surface area contributed by atoms with Crippen LogP contribution < -0.4 is 14.9 Å². The van der Waals surface area contributed by atoms with Gasteiger partial charge in [-0.2, -0.15) is 5.10 Å². The van der Waals surface area contributed by atoms with Crippen LogP contribution in [0.5, 0.6) is 0 Å². The number of halogens is 1. The van der Waals surface area contributed by atoms with Crippen LogP contribution in [-0.2, 0) is 9.53 Å². The molecule has 10 heteroatoms. The minimum absolute atomic E-state index is 0.232. The van der Waals surface area contributed by atoms with Crippen molar-refractivity contribution in [3.05, 3.63) is 125 Å². The third-order valence-electron chi connectivity index (χ3n) is 6.56. The number of thiazole rings is 1. The summed E-state index contributed by atoms with van der Waals surface area (Å²) in [4.78, 5) is 33.4. The van der Waals surface area contributed by atoms with Gasteiger partial charge in [-0.05, 0) is 62.6 Å². The maximum absolute atomic E-state index is 14.1. The first-order valence-electron chi connectivity index (χ1n) is 13.0. The molecule has 1 aliphatic heterocycles. The quantitative estimate of drug-likeness (QED) is 0.232. The van der Waals surface area contributed by atoms with Crippen molar-refractivity contribution in [1.82, 2.24) is 14.3 Å². The molecule has 0 radical (unpaired) electrons. The number of carbonyl (C=O) groups excluding carboxylic acids is 1. The van der Waals surface area contributed by atoms with Gasteiger partial charge in [0.1, 0.15) is 11.7 Å². The molecule has 0 spiro atoms. The SMILES string of the molecule is CC1=C(C(=O)OC(C)C)C(c2cccs2)n2c(s/c(=C\c3cn(-c4ccccc4)nc3-c3ccc(Cl)cc3)c2=O)=N1. The zero-order valence-electron chi connectivity index (χ0n) is 22.4. The highest BCUT2D eigenvalue weighted by Crippen LogP contribution is 2.33. The minimum Gasteiger partial charge on any atom is -0.459 e. The summed E-state index contributed by atoms with van der Waals surface area (Å²) in [7, 11) is 0. The molecular weight excluding hydrogens is 576 g/mol. The first kappa shape index (κ1) is 27.1. The van der Waals surface area contributed by atoms with Crippen LogP contribution in [0.3, 0.4) is 0 Å².